The molecule has 3 heterocycles. The second-order valence-corrected chi connectivity index (χ2v) is 7.70. The Kier molecular flexibility index (Phi) is 4.90. The lowest BCUT2D eigenvalue weighted by Gasteiger charge is -2.31. The quantitative estimate of drug-likeness (QED) is 0.819. The summed E-state index contributed by atoms with van der Waals surface area (Å²) in [4.78, 5) is 10.5. The van der Waals surface area contributed by atoms with Crippen LogP contribution < -0.4 is 4.90 Å². The first-order valence-electron chi connectivity index (χ1n) is 7.94. The van der Waals surface area contributed by atoms with E-state index in [1.54, 1.807) is 27.2 Å². The van der Waals surface area contributed by atoms with Crippen molar-refractivity contribution >= 4 is 16.0 Å². The van der Waals surface area contributed by atoms with E-state index in [0.29, 0.717) is 32.7 Å². The van der Waals surface area contributed by atoms with Gasteiger partial charge in [-0.15, -0.1) is 0 Å². The summed E-state index contributed by atoms with van der Waals surface area (Å²) in [5.41, 5.74) is 0. The first-order chi connectivity index (χ1) is 10.7. The van der Waals surface area contributed by atoms with Crippen LogP contribution in [0.15, 0.2) is 18.6 Å². The largest absolute Gasteiger partial charge is 0.354 e. The first kappa shape index (κ1) is 15.6. The van der Waals surface area contributed by atoms with Gasteiger partial charge in [-0.2, -0.15) is 17.0 Å². The summed E-state index contributed by atoms with van der Waals surface area (Å²) in [5, 5.41) is 0. The molecule has 22 heavy (non-hydrogen) atoms. The van der Waals surface area contributed by atoms with Gasteiger partial charge in [-0.25, -0.2) is 4.98 Å². The topological polar surface area (TPSA) is 69.6 Å². The van der Waals surface area contributed by atoms with Gasteiger partial charge in [0.15, 0.2) is 0 Å². The highest BCUT2D eigenvalue weighted by atomic mass is 32.2. The van der Waals surface area contributed by atoms with Crippen LogP contribution >= 0.6 is 0 Å². The highest BCUT2D eigenvalue weighted by Gasteiger charge is 2.31. The van der Waals surface area contributed by atoms with E-state index in [0.717, 1.165) is 38.0 Å². The number of piperidine rings is 1. The predicted molar refractivity (Wildman–Crippen MR) is 84.8 cm³/mol. The molecule has 0 aromatic carbocycles. The number of hydrogen-bond acceptors (Lipinski definition) is 5. The summed E-state index contributed by atoms with van der Waals surface area (Å²) in [6.45, 7) is 3.88. The zero-order valence-corrected chi connectivity index (χ0v) is 13.6. The molecule has 2 fully saturated rings. The summed E-state index contributed by atoms with van der Waals surface area (Å²) in [7, 11) is -3.31. The highest BCUT2D eigenvalue weighted by Crippen LogP contribution is 2.19. The molecular weight excluding hydrogens is 302 g/mol. The molecule has 2 aliphatic rings. The van der Waals surface area contributed by atoms with E-state index in [4.69, 9.17) is 0 Å². The minimum absolute atomic E-state index is 0.509. The summed E-state index contributed by atoms with van der Waals surface area (Å²) >= 11 is 0. The van der Waals surface area contributed by atoms with Crippen LogP contribution in [0.2, 0.25) is 0 Å². The van der Waals surface area contributed by atoms with Crippen LogP contribution in [-0.4, -0.2) is 66.3 Å². The molecule has 8 heteroatoms. The van der Waals surface area contributed by atoms with E-state index < -0.39 is 10.2 Å². The number of rotatable bonds is 3. The molecule has 0 saturated carbocycles. The maximum absolute atomic E-state index is 12.7. The van der Waals surface area contributed by atoms with Gasteiger partial charge in [0.2, 0.25) is 0 Å². The molecule has 2 aliphatic heterocycles. The lowest BCUT2D eigenvalue weighted by atomic mass is 10.2. The molecule has 0 spiro atoms. The maximum Gasteiger partial charge on any atom is 0.282 e. The van der Waals surface area contributed by atoms with Crippen molar-refractivity contribution < 1.29 is 8.42 Å². The third-order valence-electron chi connectivity index (χ3n) is 4.30. The molecular formula is C14H23N5O2S. The van der Waals surface area contributed by atoms with Gasteiger partial charge in [-0.1, -0.05) is 6.42 Å². The van der Waals surface area contributed by atoms with Gasteiger partial charge in [0.25, 0.3) is 10.2 Å². The molecule has 0 N–H and O–H groups in total. The number of anilines is 1. The SMILES string of the molecule is O=S(=O)(N1CCCCC1)N1CCCN(c2cnccn2)CC1. The van der Waals surface area contributed by atoms with Crippen molar-refractivity contribution in [3.8, 4) is 0 Å². The second-order valence-electron chi connectivity index (χ2n) is 5.77. The van der Waals surface area contributed by atoms with Crippen molar-refractivity contribution in [3.63, 3.8) is 0 Å². The monoisotopic (exact) mass is 325 g/mol. The van der Waals surface area contributed by atoms with Crippen LogP contribution in [0.25, 0.3) is 0 Å². The Bertz CT molecular complexity index is 574. The van der Waals surface area contributed by atoms with Crippen LogP contribution in [-0.2, 0) is 10.2 Å². The standard InChI is InChI=1S/C14H23N5O2S/c20-22(21,18-8-2-1-3-9-18)19-10-4-7-17(11-12-19)14-13-15-5-6-16-14/h5-6,13H,1-4,7-12H2. The van der Waals surface area contributed by atoms with E-state index in [-0.39, 0.29) is 0 Å². The minimum Gasteiger partial charge on any atom is -0.354 e. The molecule has 0 radical (unpaired) electrons. The maximum atomic E-state index is 12.7. The van der Waals surface area contributed by atoms with Crippen molar-refractivity contribution in [2.45, 2.75) is 25.7 Å². The Balaban J connectivity index is 1.67. The van der Waals surface area contributed by atoms with Gasteiger partial charge in [0.1, 0.15) is 5.82 Å². The van der Waals surface area contributed by atoms with E-state index in [9.17, 15) is 8.42 Å². The molecule has 7 nitrogen and oxygen atoms in total. The van der Waals surface area contributed by atoms with Gasteiger partial charge in [-0.3, -0.25) is 4.98 Å². The lowest BCUT2D eigenvalue weighted by molar-refractivity contribution is 0.307. The van der Waals surface area contributed by atoms with Crippen LogP contribution in [0.5, 0.6) is 0 Å². The van der Waals surface area contributed by atoms with Gasteiger partial charge in [0, 0.05) is 51.7 Å². The molecule has 1 aromatic rings. The molecule has 122 valence electrons. The Morgan fingerprint density at radius 3 is 2.27 bits per heavy atom. The van der Waals surface area contributed by atoms with Gasteiger partial charge in [0.05, 0.1) is 6.20 Å². The molecule has 3 rings (SSSR count). The van der Waals surface area contributed by atoms with Crippen LogP contribution in [0, 0.1) is 0 Å². The van der Waals surface area contributed by atoms with E-state index in [1.807, 2.05) is 0 Å². The molecule has 2 saturated heterocycles. The molecule has 0 unspecified atom stereocenters. The fourth-order valence-electron chi connectivity index (χ4n) is 3.07. The number of aromatic nitrogens is 2. The smallest absolute Gasteiger partial charge is 0.282 e. The average molecular weight is 325 g/mol. The summed E-state index contributed by atoms with van der Waals surface area (Å²) < 4.78 is 28.8. The second kappa shape index (κ2) is 6.89. The summed E-state index contributed by atoms with van der Waals surface area (Å²) in [6, 6.07) is 0. The van der Waals surface area contributed by atoms with E-state index in [2.05, 4.69) is 14.9 Å². The van der Waals surface area contributed by atoms with E-state index in [1.165, 1.54) is 0 Å². The minimum atomic E-state index is -3.31. The average Bonchev–Trinajstić information content (AvgIpc) is 2.83. The molecule has 0 atom stereocenters. The normalized spacial score (nSPS) is 22.5. The van der Waals surface area contributed by atoms with E-state index >= 15 is 0 Å². The molecule has 1 aromatic heterocycles. The first-order valence-corrected chi connectivity index (χ1v) is 9.34. The van der Waals surface area contributed by atoms with Crippen molar-refractivity contribution in [1.82, 2.24) is 18.6 Å². The fourth-order valence-corrected chi connectivity index (χ4v) is 4.79. The molecule has 0 bridgehead atoms. The van der Waals surface area contributed by atoms with Crippen molar-refractivity contribution in [2.75, 3.05) is 44.2 Å². The zero-order chi connectivity index (χ0) is 15.4. The zero-order valence-electron chi connectivity index (χ0n) is 12.8. The van der Waals surface area contributed by atoms with Gasteiger partial charge in [-0.05, 0) is 19.3 Å². The summed E-state index contributed by atoms with van der Waals surface area (Å²) in [6.07, 6.45) is 8.93. The lowest BCUT2D eigenvalue weighted by Crippen LogP contribution is -2.47. The van der Waals surface area contributed by atoms with Crippen LogP contribution in [0.1, 0.15) is 25.7 Å². The van der Waals surface area contributed by atoms with Crippen molar-refractivity contribution in [1.29, 1.82) is 0 Å². The highest BCUT2D eigenvalue weighted by molar-refractivity contribution is 7.86. The predicted octanol–water partition coefficient (Wildman–Crippen LogP) is 0.719. The van der Waals surface area contributed by atoms with Crippen molar-refractivity contribution in [2.24, 2.45) is 0 Å². The van der Waals surface area contributed by atoms with Crippen LogP contribution in [0.3, 0.4) is 0 Å². The van der Waals surface area contributed by atoms with Gasteiger partial charge >= 0.3 is 0 Å². The Morgan fingerprint density at radius 2 is 1.55 bits per heavy atom. The van der Waals surface area contributed by atoms with Crippen LogP contribution in [0.4, 0.5) is 5.82 Å². The Morgan fingerprint density at radius 1 is 0.818 bits per heavy atom. The molecule has 0 aliphatic carbocycles. The Hall–Kier alpha value is -1.25. The Labute approximate surface area is 132 Å². The number of nitrogens with zero attached hydrogens (tertiary/aromatic N) is 5. The van der Waals surface area contributed by atoms with Gasteiger partial charge < -0.3 is 4.90 Å². The fraction of sp³-hybridized carbons (Fsp3) is 0.714. The van der Waals surface area contributed by atoms with Crippen molar-refractivity contribution in [3.05, 3.63) is 18.6 Å². The third kappa shape index (κ3) is 3.39. The number of hydrogen-bond donors (Lipinski definition) is 0. The molecule has 0 amide bonds. The summed E-state index contributed by atoms with van der Waals surface area (Å²) in [5.74, 6) is 0.819. The third-order valence-corrected chi connectivity index (χ3v) is 6.33.